The number of unbranched alkanes of at least 4 members (excludes halogenated alkanes) is 1. The molecule has 0 aromatic heterocycles. The zero-order valence-corrected chi connectivity index (χ0v) is 11.2. The Morgan fingerprint density at radius 3 is 2.59 bits per heavy atom. The van der Waals surface area contributed by atoms with Crippen LogP contribution in [0.4, 0.5) is 0 Å². The van der Waals surface area contributed by atoms with E-state index in [4.69, 9.17) is 10.5 Å². The molecule has 1 amide bonds. The number of piperidine rings is 1. The summed E-state index contributed by atoms with van der Waals surface area (Å²) in [5.41, 5.74) is 5.90. The average Bonchev–Trinajstić information content (AvgIpc) is 2.36. The minimum atomic E-state index is -0.307. The van der Waals surface area contributed by atoms with E-state index in [1.807, 2.05) is 11.8 Å². The number of nitrogens with two attached hydrogens (primary N) is 1. The van der Waals surface area contributed by atoms with Crippen molar-refractivity contribution in [3.63, 3.8) is 0 Å². The number of likely N-dealkylation sites (tertiary alicyclic amines) is 1. The Hall–Kier alpha value is -0.610. The van der Waals surface area contributed by atoms with Crippen LogP contribution in [0, 0.1) is 0 Å². The molecule has 1 heterocycles. The molecule has 0 radical (unpaired) electrons. The molecule has 0 aliphatic carbocycles. The number of hydrogen-bond donors (Lipinski definition) is 1. The summed E-state index contributed by atoms with van der Waals surface area (Å²) in [4.78, 5) is 13.9. The van der Waals surface area contributed by atoms with Crippen LogP contribution in [0.2, 0.25) is 0 Å². The van der Waals surface area contributed by atoms with Crippen molar-refractivity contribution in [2.45, 2.75) is 58.1 Å². The Morgan fingerprint density at radius 2 is 2.06 bits per heavy atom. The van der Waals surface area contributed by atoms with Crippen molar-refractivity contribution < 1.29 is 9.53 Å². The lowest BCUT2D eigenvalue weighted by Crippen LogP contribution is -2.48. The van der Waals surface area contributed by atoms with Crippen molar-refractivity contribution in [1.29, 1.82) is 0 Å². The van der Waals surface area contributed by atoms with Crippen LogP contribution < -0.4 is 5.73 Å². The van der Waals surface area contributed by atoms with Gasteiger partial charge in [0.1, 0.15) is 0 Å². The van der Waals surface area contributed by atoms with Gasteiger partial charge in [-0.3, -0.25) is 4.79 Å². The first-order valence-corrected chi connectivity index (χ1v) is 6.85. The van der Waals surface area contributed by atoms with Gasteiger partial charge in [-0.15, -0.1) is 0 Å². The molecule has 1 atom stereocenters. The van der Waals surface area contributed by atoms with Gasteiger partial charge in [0.2, 0.25) is 5.91 Å². The summed E-state index contributed by atoms with van der Waals surface area (Å²) in [6.07, 6.45) is 5.15. The molecule has 1 saturated heterocycles. The lowest BCUT2D eigenvalue weighted by molar-refractivity contribution is -0.135. The van der Waals surface area contributed by atoms with Crippen molar-refractivity contribution in [3.05, 3.63) is 0 Å². The smallest absolute Gasteiger partial charge is 0.239 e. The molecular formula is C13H26N2O2. The van der Waals surface area contributed by atoms with Crippen LogP contribution in [-0.4, -0.2) is 42.6 Å². The largest absolute Gasteiger partial charge is 0.378 e. The molecule has 1 aliphatic heterocycles. The van der Waals surface area contributed by atoms with Crippen LogP contribution in [0.15, 0.2) is 0 Å². The molecule has 4 nitrogen and oxygen atoms in total. The molecule has 2 N–H and O–H groups in total. The van der Waals surface area contributed by atoms with Gasteiger partial charge in [0.15, 0.2) is 0 Å². The van der Waals surface area contributed by atoms with Gasteiger partial charge < -0.3 is 15.4 Å². The monoisotopic (exact) mass is 242 g/mol. The fourth-order valence-electron chi connectivity index (χ4n) is 2.26. The van der Waals surface area contributed by atoms with Crippen molar-refractivity contribution in [2.75, 3.05) is 19.7 Å². The molecule has 100 valence electrons. The standard InChI is InChI=1S/C13H26N2O2/c1-3-5-6-12(14)13(16)15-9-7-11(8-10-15)17-4-2/h11-12H,3-10,14H2,1-2H3. The molecule has 0 saturated carbocycles. The third kappa shape index (κ3) is 4.64. The molecule has 17 heavy (non-hydrogen) atoms. The lowest BCUT2D eigenvalue weighted by atomic mass is 10.0. The normalized spacial score (nSPS) is 19.4. The predicted octanol–water partition coefficient (Wildman–Crippen LogP) is 1.53. The Balaban J connectivity index is 2.30. The maximum Gasteiger partial charge on any atom is 0.239 e. The Morgan fingerprint density at radius 1 is 1.41 bits per heavy atom. The van der Waals surface area contributed by atoms with Gasteiger partial charge in [0.25, 0.3) is 0 Å². The first-order valence-electron chi connectivity index (χ1n) is 6.85. The Labute approximate surface area is 104 Å². The second-order valence-electron chi connectivity index (χ2n) is 4.73. The highest BCUT2D eigenvalue weighted by atomic mass is 16.5. The topological polar surface area (TPSA) is 55.6 Å². The van der Waals surface area contributed by atoms with E-state index in [1.165, 1.54) is 0 Å². The first-order chi connectivity index (χ1) is 8.19. The molecule has 1 unspecified atom stereocenters. The van der Waals surface area contributed by atoms with Gasteiger partial charge in [0.05, 0.1) is 12.1 Å². The van der Waals surface area contributed by atoms with Crippen molar-refractivity contribution in [1.82, 2.24) is 4.90 Å². The number of amides is 1. The second kappa shape index (κ2) is 7.67. The maximum atomic E-state index is 12.0. The van der Waals surface area contributed by atoms with Gasteiger partial charge in [-0.2, -0.15) is 0 Å². The number of ether oxygens (including phenoxy) is 1. The van der Waals surface area contributed by atoms with Gasteiger partial charge >= 0.3 is 0 Å². The molecule has 1 fully saturated rings. The van der Waals surface area contributed by atoms with E-state index in [9.17, 15) is 4.79 Å². The Bertz CT molecular complexity index is 225. The minimum absolute atomic E-state index is 0.119. The summed E-state index contributed by atoms with van der Waals surface area (Å²) in [6.45, 7) is 6.48. The first kappa shape index (κ1) is 14.5. The van der Waals surface area contributed by atoms with Gasteiger partial charge in [0, 0.05) is 19.7 Å². The summed E-state index contributed by atoms with van der Waals surface area (Å²) >= 11 is 0. The quantitative estimate of drug-likeness (QED) is 0.768. The number of carbonyl (C=O) groups excluding carboxylic acids is 1. The number of hydrogen-bond acceptors (Lipinski definition) is 3. The minimum Gasteiger partial charge on any atom is -0.378 e. The molecule has 4 heteroatoms. The van der Waals surface area contributed by atoms with Gasteiger partial charge in [-0.25, -0.2) is 0 Å². The summed E-state index contributed by atoms with van der Waals surface area (Å²) in [6, 6.07) is -0.307. The SMILES string of the molecule is CCCCC(N)C(=O)N1CCC(OCC)CC1. The molecule has 1 aliphatic rings. The van der Waals surface area contributed by atoms with E-state index < -0.39 is 0 Å². The van der Waals surface area contributed by atoms with E-state index in [-0.39, 0.29) is 11.9 Å². The highest BCUT2D eigenvalue weighted by Gasteiger charge is 2.25. The predicted molar refractivity (Wildman–Crippen MR) is 68.7 cm³/mol. The molecular weight excluding hydrogens is 216 g/mol. The number of nitrogens with zero attached hydrogens (tertiary/aromatic N) is 1. The van der Waals surface area contributed by atoms with Crippen LogP contribution >= 0.6 is 0 Å². The van der Waals surface area contributed by atoms with Crippen molar-refractivity contribution >= 4 is 5.91 Å². The highest BCUT2D eigenvalue weighted by molar-refractivity contribution is 5.81. The van der Waals surface area contributed by atoms with Crippen LogP contribution in [0.3, 0.4) is 0 Å². The van der Waals surface area contributed by atoms with Crippen LogP contribution in [0.5, 0.6) is 0 Å². The van der Waals surface area contributed by atoms with Crippen molar-refractivity contribution in [3.8, 4) is 0 Å². The molecule has 0 aromatic rings. The summed E-state index contributed by atoms with van der Waals surface area (Å²) < 4.78 is 5.57. The molecule has 1 rings (SSSR count). The average molecular weight is 242 g/mol. The second-order valence-corrected chi connectivity index (χ2v) is 4.73. The lowest BCUT2D eigenvalue weighted by Gasteiger charge is -2.33. The summed E-state index contributed by atoms with van der Waals surface area (Å²) in [7, 11) is 0. The molecule has 0 spiro atoms. The van der Waals surface area contributed by atoms with Crippen LogP contribution in [0.1, 0.15) is 46.0 Å². The maximum absolute atomic E-state index is 12.0. The third-order valence-corrected chi connectivity index (χ3v) is 3.34. The molecule has 0 aromatic carbocycles. The zero-order valence-electron chi connectivity index (χ0n) is 11.2. The molecule has 0 bridgehead atoms. The summed E-state index contributed by atoms with van der Waals surface area (Å²) in [5, 5.41) is 0. The number of carbonyl (C=O) groups is 1. The van der Waals surface area contributed by atoms with Crippen molar-refractivity contribution in [2.24, 2.45) is 5.73 Å². The number of rotatable bonds is 6. The third-order valence-electron chi connectivity index (χ3n) is 3.34. The van der Waals surface area contributed by atoms with E-state index in [0.29, 0.717) is 6.10 Å². The van der Waals surface area contributed by atoms with Gasteiger partial charge in [-0.1, -0.05) is 19.8 Å². The highest BCUT2D eigenvalue weighted by Crippen LogP contribution is 2.15. The summed E-state index contributed by atoms with van der Waals surface area (Å²) in [5.74, 6) is 0.119. The fourth-order valence-corrected chi connectivity index (χ4v) is 2.26. The van der Waals surface area contributed by atoms with E-state index in [1.54, 1.807) is 0 Å². The van der Waals surface area contributed by atoms with E-state index in [2.05, 4.69) is 6.92 Å². The van der Waals surface area contributed by atoms with Gasteiger partial charge in [-0.05, 0) is 26.2 Å². The van der Waals surface area contributed by atoms with Crippen LogP contribution in [-0.2, 0) is 9.53 Å². The fraction of sp³-hybridized carbons (Fsp3) is 0.923. The van der Waals surface area contributed by atoms with Crippen LogP contribution in [0.25, 0.3) is 0 Å². The Kier molecular flexibility index (Phi) is 6.52. The van der Waals surface area contributed by atoms with E-state index in [0.717, 1.165) is 51.8 Å². The zero-order chi connectivity index (χ0) is 12.7. The van der Waals surface area contributed by atoms with E-state index >= 15 is 0 Å².